The van der Waals surface area contributed by atoms with Crippen LogP contribution in [0.2, 0.25) is 0 Å². The summed E-state index contributed by atoms with van der Waals surface area (Å²) < 4.78 is 3.04. The molecule has 100 valence electrons. The van der Waals surface area contributed by atoms with Gasteiger partial charge in [-0.3, -0.25) is 4.79 Å². The van der Waals surface area contributed by atoms with Crippen LogP contribution < -0.4 is 4.57 Å². The molecule has 0 saturated heterocycles. The van der Waals surface area contributed by atoms with Crippen LogP contribution in [0.5, 0.6) is 0 Å². The van der Waals surface area contributed by atoms with Crippen molar-refractivity contribution in [3.8, 4) is 10.6 Å². The Balaban J connectivity index is 1.85. The number of thiazole rings is 1. The van der Waals surface area contributed by atoms with Crippen molar-refractivity contribution in [3.63, 3.8) is 0 Å². The van der Waals surface area contributed by atoms with Crippen LogP contribution in [-0.4, -0.2) is 16.1 Å². The molecule has 0 fully saturated rings. The minimum Gasteiger partial charge on any atom is -0.481 e. The fourth-order valence-corrected chi connectivity index (χ4v) is 2.94. The number of carboxylic acid groups (broad SMARTS) is 1. The minimum atomic E-state index is -0.784. The van der Waals surface area contributed by atoms with E-state index in [1.54, 1.807) is 11.3 Å². The van der Waals surface area contributed by atoms with Crippen molar-refractivity contribution in [3.05, 3.63) is 48.8 Å². The number of carbonyl (C=O) groups is 1. The lowest BCUT2D eigenvalue weighted by atomic mass is 10.3. The number of pyridine rings is 1. The summed E-state index contributed by atoms with van der Waals surface area (Å²) >= 11 is 1.66. The second-order valence-electron chi connectivity index (χ2n) is 4.46. The number of aryl methyl sites for hydroxylation is 1. The van der Waals surface area contributed by atoms with Gasteiger partial charge in [0, 0.05) is 17.7 Å². The summed E-state index contributed by atoms with van der Waals surface area (Å²) in [5.41, 5.74) is 2.06. The van der Waals surface area contributed by atoms with Crippen molar-refractivity contribution in [2.45, 2.75) is 13.0 Å². The molecule has 2 aromatic heterocycles. The quantitative estimate of drug-likeness (QED) is 0.750. The molecule has 0 aliphatic carbocycles. The third-order valence-electron chi connectivity index (χ3n) is 3.02. The van der Waals surface area contributed by atoms with E-state index in [0.717, 1.165) is 16.1 Å². The van der Waals surface area contributed by atoms with Crippen molar-refractivity contribution in [1.29, 1.82) is 0 Å². The van der Waals surface area contributed by atoms with Crippen LogP contribution in [0.1, 0.15) is 6.42 Å². The predicted molar refractivity (Wildman–Crippen MR) is 77.5 cm³/mol. The molecule has 0 spiro atoms. The third kappa shape index (κ3) is 2.67. The van der Waals surface area contributed by atoms with Gasteiger partial charge in [-0.25, -0.2) is 9.55 Å². The van der Waals surface area contributed by atoms with Gasteiger partial charge < -0.3 is 5.11 Å². The Labute approximate surface area is 120 Å². The first-order valence-electron chi connectivity index (χ1n) is 6.29. The van der Waals surface area contributed by atoms with E-state index >= 15 is 0 Å². The second kappa shape index (κ2) is 5.38. The van der Waals surface area contributed by atoms with Crippen molar-refractivity contribution in [2.75, 3.05) is 0 Å². The van der Waals surface area contributed by atoms with Gasteiger partial charge in [0.25, 0.3) is 0 Å². The Kier molecular flexibility index (Phi) is 3.43. The van der Waals surface area contributed by atoms with E-state index < -0.39 is 5.97 Å². The molecular formula is C15H13N2O2S+. The van der Waals surface area contributed by atoms with E-state index in [0.29, 0.717) is 6.54 Å². The number of hydrogen-bond donors (Lipinski definition) is 1. The van der Waals surface area contributed by atoms with Gasteiger partial charge in [0.15, 0.2) is 18.9 Å². The summed E-state index contributed by atoms with van der Waals surface area (Å²) in [4.78, 5) is 15.1. The first-order chi connectivity index (χ1) is 9.72. The number of rotatable bonds is 4. The number of para-hydroxylation sites is 1. The molecule has 20 heavy (non-hydrogen) atoms. The molecule has 5 heteroatoms. The van der Waals surface area contributed by atoms with Gasteiger partial charge in [-0.2, -0.15) is 0 Å². The van der Waals surface area contributed by atoms with Gasteiger partial charge in [-0.1, -0.05) is 12.1 Å². The lowest BCUT2D eigenvalue weighted by Crippen LogP contribution is -2.33. The maximum atomic E-state index is 10.5. The fraction of sp³-hybridized carbons (Fsp3) is 0.133. The van der Waals surface area contributed by atoms with Crippen LogP contribution in [-0.2, 0) is 11.3 Å². The highest BCUT2D eigenvalue weighted by Gasteiger charge is 2.09. The second-order valence-corrected chi connectivity index (χ2v) is 5.49. The molecular weight excluding hydrogens is 272 g/mol. The number of aliphatic carboxylic acids is 1. The van der Waals surface area contributed by atoms with Crippen LogP contribution in [0.25, 0.3) is 20.8 Å². The molecule has 0 amide bonds. The normalized spacial score (nSPS) is 10.8. The minimum absolute atomic E-state index is 0.130. The highest BCUT2D eigenvalue weighted by molar-refractivity contribution is 7.21. The molecule has 0 unspecified atom stereocenters. The van der Waals surface area contributed by atoms with E-state index in [9.17, 15) is 4.79 Å². The van der Waals surface area contributed by atoms with Crippen LogP contribution in [0.3, 0.4) is 0 Å². The van der Waals surface area contributed by atoms with Gasteiger partial charge in [0.2, 0.25) is 0 Å². The molecule has 2 heterocycles. The molecule has 3 rings (SSSR count). The lowest BCUT2D eigenvalue weighted by molar-refractivity contribution is -0.695. The van der Waals surface area contributed by atoms with E-state index in [-0.39, 0.29) is 6.42 Å². The largest absolute Gasteiger partial charge is 0.481 e. The summed E-state index contributed by atoms with van der Waals surface area (Å²) in [5.74, 6) is -0.784. The zero-order valence-electron chi connectivity index (χ0n) is 10.7. The van der Waals surface area contributed by atoms with E-state index in [4.69, 9.17) is 5.11 Å². The molecule has 0 saturated carbocycles. The number of nitrogens with zero attached hydrogens (tertiary/aromatic N) is 2. The summed E-state index contributed by atoms with van der Waals surface area (Å²) in [6, 6.07) is 12.0. The summed E-state index contributed by atoms with van der Waals surface area (Å²) in [7, 11) is 0. The molecule has 3 aromatic rings. The number of aromatic nitrogens is 2. The number of benzene rings is 1. The van der Waals surface area contributed by atoms with Crippen molar-refractivity contribution in [1.82, 2.24) is 4.98 Å². The van der Waals surface area contributed by atoms with Gasteiger partial charge in [-0.15, -0.1) is 11.3 Å². The van der Waals surface area contributed by atoms with Crippen molar-refractivity contribution in [2.24, 2.45) is 0 Å². The first kappa shape index (κ1) is 12.7. The zero-order chi connectivity index (χ0) is 13.9. The molecule has 4 nitrogen and oxygen atoms in total. The molecule has 1 aromatic carbocycles. The predicted octanol–water partition coefficient (Wildman–Crippen LogP) is 2.73. The molecule has 0 aliphatic heterocycles. The standard InChI is InChI=1S/C15H12N2O2S/c18-14(19)7-10-17-8-5-11(6-9-17)15-16-12-3-1-2-4-13(12)20-15/h1-6,8-9H,7,10H2/p+1. The summed E-state index contributed by atoms with van der Waals surface area (Å²) in [6.07, 6.45) is 3.92. The van der Waals surface area contributed by atoms with E-state index in [1.165, 1.54) is 4.70 Å². The Morgan fingerprint density at radius 2 is 1.95 bits per heavy atom. The van der Waals surface area contributed by atoms with E-state index in [1.807, 2.05) is 47.3 Å². The molecule has 0 radical (unpaired) electrons. The van der Waals surface area contributed by atoms with Gasteiger partial charge in [0.1, 0.15) is 11.4 Å². The smallest absolute Gasteiger partial charge is 0.309 e. The third-order valence-corrected chi connectivity index (χ3v) is 4.10. The van der Waals surface area contributed by atoms with E-state index in [2.05, 4.69) is 11.1 Å². The van der Waals surface area contributed by atoms with Crippen LogP contribution in [0.15, 0.2) is 48.8 Å². The average Bonchev–Trinajstić information content (AvgIpc) is 2.89. The topological polar surface area (TPSA) is 54.1 Å². The van der Waals surface area contributed by atoms with Crippen molar-refractivity contribution < 1.29 is 14.5 Å². The number of carboxylic acids is 1. The maximum absolute atomic E-state index is 10.5. The fourth-order valence-electron chi connectivity index (χ4n) is 1.97. The molecule has 0 aliphatic rings. The number of fused-ring (bicyclic) bond motifs is 1. The van der Waals surface area contributed by atoms with Crippen molar-refractivity contribution >= 4 is 27.5 Å². The Bertz CT molecular complexity index is 717. The Hall–Kier alpha value is -2.27. The monoisotopic (exact) mass is 285 g/mol. The van der Waals surface area contributed by atoms with Gasteiger partial charge >= 0.3 is 5.97 Å². The molecule has 0 bridgehead atoms. The maximum Gasteiger partial charge on any atom is 0.309 e. The highest BCUT2D eigenvalue weighted by Crippen LogP contribution is 2.29. The number of hydrogen-bond acceptors (Lipinski definition) is 3. The Morgan fingerprint density at radius 1 is 1.20 bits per heavy atom. The van der Waals surface area contributed by atoms with Crippen LogP contribution in [0.4, 0.5) is 0 Å². The first-order valence-corrected chi connectivity index (χ1v) is 7.11. The molecule has 1 N–H and O–H groups in total. The summed E-state index contributed by atoms with van der Waals surface area (Å²) in [5, 5.41) is 9.65. The van der Waals surface area contributed by atoms with Gasteiger partial charge in [0.05, 0.1) is 10.2 Å². The zero-order valence-corrected chi connectivity index (χ0v) is 11.5. The molecule has 0 atom stereocenters. The summed E-state index contributed by atoms with van der Waals surface area (Å²) in [6.45, 7) is 0.482. The SMILES string of the molecule is O=C(O)CC[n+]1ccc(-c2nc3ccccc3s2)cc1. The lowest BCUT2D eigenvalue weighted by Gasteiger charge is -1.96. The van der Waals surface area contributed by atoms with Crippen LogP contribution in [0, 0.1) is 0 Å². The van der Waals surface area contributed by atoms with Crippen LogP contribution >= 0.6 is 11.3 Å². The average molecular weight is 285 g/mol. The van der Waals surface area contributed by atoms with Gasteiger partial charge in [-0.05, 0) is 12.1 Å². The highest BCUT2D eigenvalue weighted by atomic mass is 32.1. The Morgan fingerprint density at radius 3 is 2.65 bits per heavy atom.